The third-order valence-corrected chi connectivity index (χ3v) is 5.22. The van der Waals surface area contributed by atoms with E-state index >= 15 is 0 Å². The van der Waals surface area contributed by atoms with Gasteiger partial charge in [0.25, 0.3) is 5.91 Å². The summed E-state index contributed by atoms with van der Waals surface area (Å²) in [6, 6.07) is 5.24. The van der Waals surface area contributed by atoms with Crippen molar-refractivity contribution in [1.29, 1.82) is 0 Å². The van der Waals surface area contributed by atoms with Crippen molar-refractivity contribution >= 4 is 35.0 Å². The van der Waals surface area contributed by atoms with Crippen LogP contribution in [0.4, 0.5) is 0 Å². The summed E-state index contributed by atoms with van der Waals surface area (Å²) in [6.45, 7) is 4.96. The first kappa shape index (κ1) is 20.0. The fourth-order valence-corrected chi connectivity index (χ4v) is 3.26. The second-order valence-electron chi connectivity index (χ2n) is 6.40. The van der Waals surface area contributed by atoms with Crippen LogP contribution in [0.1, 0.15) is 43.0 Å². The minimum Gasteiger partial charge on any atom is -0.355 e. The van der Waals surface area contributed by atoms with Crippen LogP contribution in [-0.4, -0.2) is 48.9 Å². The van der Waals surface area contributed by atoms with Crippen LogP contribution in [0.2, 0.25) is 10.0 Å². The summed E-state index contributed by atoms with van der Waals surface area (Å²) in [7, 11) is 0. The van der Waals surface area contributed by atoms with Gasteiger partial charge in [-0.3, -0.25) is 9.59 Å². The van der Waals surface area contributed by atoms with Crippen molar-refractivity contribution in [2.75, 3.05) is 26.2 Å². The predicted octanol–water partition coefficient (Wildman–Crippen LogP) is 3.10. The van der Waals surface area contributed by atoms with Gasteiger partial charge in [0.1, 0.15) is 0 Å². The number of benzene rings is 1. The van der Waals surface area contributed by atoms with Crippen LogP contribution in [0.25, 0.3) is 0 Å². The molecule has 0 aliphatic carbocycles. The zero-order valence-electron chi connectivity index (χ0n) is 14.5. The van der Waals surface area contributed by atoms with E-state index in [1.807, 2.05) is 0 Å². The molecule has 0 spiro atoms. The van der Waals surface area contributed by atoms with E-state index in [1.54, 1.807) is 12.1 Å². The van der Waals surface area contributed by atoms with E-state index in [-0.39, 0.29) is 18.4 Å². The number of piperidine rings is 1. The highest BCUT2D eigenvalue weighted by molar-refractivity contribution is 6.42. The van der Waals surface area contributed by atoms with E-state index in [1.165, 1.54) is 25.3 Å². The number of amides is 2. The van der Waals surface area contributed by atoms with Crippen LogP contribution in [0.15, 0.2) is 18.2 Å². The fourth-order valence-electron chi connectivity index (χ4n) is 2.96. The quantitative estimate of drug-likeness (QED) is 0.708. The van der Waals surface area contributed by atoms with Gasteiger partial charge in [-0.25, -0.2) is 0 Å². The molecule has 1 aromatic carbocycles. The first-order chi connectivity index (χ1) is 12.0. The Bertz CT molecular complexity index is 610. The van der Waals surface area contributed by atoms with E-state index < -0.39 is 0 Å². The minimum absolute atomic E-state index is 0.0564. The summed E-state index contributed by atoms with van der Waals surface area (Å²) in [6.07, 6.45) is 4.74. The van der Waals surface area contributed by atoms with Crippen molar-refractivity contribution in [2.45, 2.75) is 38.6 Å². The van der Waals surface area contributed by atoms with E-state index in [9.17, 15) is 9.59 Å². The van der Waals surface area contributed by atoms with Crippen LogP contribution < -0.4 is 10.6 Å². The molecule has 5 nitrogen and oxygen atoms in total. The summed E-state index contributed by atoms with van der Waals surface area (Å²) in [5.74, 6) is -0.545. The average Bonchev–Trinajstić information content (AvgIpc) is 2.60. The Labute approximate surface area is 159 Å². The lowest BCUT2D eigenvalue weighted by Crippen LogP contribution is -2.40. The third-order valence-electron chi connectivity index (χ3n) is 4.48. The lowest BCUT2D eigenvalue weighted by atomic mass is 10.0. The number of hydrogen-bond donors (Lipinski definition) is 2. The molecule has 2 N–H and O–H groups in total. The van der Waals surface area contributed by atoms with Gasteiger partial charge >= 0.3 is 0 Å². The summed E-state index contributed by atoms with van der Waals surface area (Å²) >= 11 is 11.7. The highest BCUT2D eigenvalue weighted by Gasteiger charge is 2.17. The van der Waals surface area contributed by atoms with Gasteiger partial charge in [0, 0.05) is 24.7 Å². The number of hydrogen-bond acceptors (Lipinski definition) is 3. The lowest BCUT2D eigenvalue weighted by Gasteiger charge is -2.33. The lowest BCUT2D eigenvalue weighted by molar-refractivity contribution is -0.120. The summed E-state index contributed by atoms with van der Waals surface area (Å²) in [4.78, 5) is 26.3. The van der Waals surface area contributed by atoms with Gasteiger partial charge < -0.3 is 15.5 Å². The van der Waals surface area contributed by atoms with Crippen molar-refractivity contribution in [2.24, 2.45) is 0 Å². The number of likely N-dealkylation sites (tertiary alicyclic amines) is 1. The van der Waals surface area contributed by atoms with Crippen LogP contribution >= 0.6 is 23.2 Å². The van der Waals surface area contributed by atoms with Crippen LogP contribution in [0.5, 0.6) is 0 Å². The number of carbonyl (C=O) groups is 2. The van der Waals surface area contributed by atoms with E-state index in [4.69, 9.17) is 23.2 Å². The molecule has 1 aliphatic rings. The summed E-state index contributed by atoms with van der Waals surface area (Å²) < 4.78 is 0. The van der Waals surface area contributed by atoms with Gasteiger partial charge in [-0.1, -0.05) is 29.6 Å². The number of nitrogens with zero attached hydrogens (tertiary/aromatic N) is 1. The molecule has 0 saturated carbocycles. The number of rotatable bonds is 7. The SMILES string of the molecule is C[C@@H]1CCCCN1CCCNC(=O)CNC(=O)c1ccc(Cl)c(Cl)c1. The molecule has 1 aromatic rings. The van der Waals surface area contributed by atoms with Gasteiger partial charge in [0.2, 0.25) is 5.91 Å². The van der Waals surface area contributed by atoms with Gasteiger partial charge in [-0.2, -0.15) is 0 Å². The second-order valence-corrected chi connectivity index (χ2v) is 7.21. The maximum atomic E-state index is 12.0. The smallest absolute Gasteiger partial charge is 0.251 e. The van der Waals surface area contributed by atoms with E-state index in [2.05, 4.69) is 22.5 Å². The number of carbonyl (C=O) groups excluding carboxylic acids is 2. The molecule has 2 amide bonds. The standard InChI is InChI=1S/C18H25Cl2N3O2/c1-13-5-2-3-9-23(13)10-4-8-21-17(24)12-22-18(25)14-6-7-15(19)16(20)11-14/h6-7,11,13H,2-5,8-10,12H2,1H3,(H,21,24)(H,22,25)/t13-/m1/s1. The van der Waals surface area contributed by atoms with Crippen molar-refractivity contribution in [3.05, 3.63) is 33.8 Å². The van der Waals surface area contributed by atoms with E-state index in [0.717, 1.165) is 19.5 Å². The van der Waals surface area contributed by atoms with Crippen molar-refractivity contribution in [1.82, 2.24) is 15.5 Å². The van der Waals surface area contributed by atoms with Crippen molar-refractivity contribution in [3.8, 4) is 0 Å². The average molecular weight is 386 g/mol. The molecule has 0 radical (unpaired) electrons. The highest BCUT2D eigenvalue weighted by atomic mass is 35.5. The largest absolute Gasteiger partial charge is 0.355 e. The predicted molar refractivity (Wildman–Crippen MR) is 101 cm³/mol. The first-order valence-corrected chi connectivity index (χ1v) is 9.47. The Hall–Kier alpha value is -1.30. The Morgan fingerprint density at radius 3 is 2.72 bits per heavy atom. The third kappa shape index (κ3) is 6.49. The summed E-state index contributed by atoms with van der Waals surface area (Å²) in [5, 5.41) is 6.12. The molecule has 0 bridgehead atoms. The maximum absolute atomic E-state index is 12.0. The molecule has 1 fully saturated rings. The van der Waals surface area contributed by atoms with Crippen LogP contribution in [-0.2, 0) is 4.79 Å². The van der Waals surface area contributed by atoms with Gasteiger partial charge in [0.05, 0.1) is 16.6 Å². The minimum atomic E-state index is -0.351. The number of halogens is 2. The zero-order valence-corrected chi connectivity index (χ0v) is 16.0. The molecule has 1 aliphatic heterocycles. The van der Waals surface area contributed by atoms with E-state index in [0.29, 0.717) is 28.2 Å². The van der Waals surface area contributed by atoms with Gasteiger partial charge in [-0.15, -0.1) is 0 Å². The Balaban J connectivity index is 1.63. The molecule has 25 heavy (non-hydrogen) atoms. The van der Waals surface area contributed by atoms with Gasteiger partial charge in [-0.05, 0) is 50.9 Å². The molecule has 7 heteroatoms. The van der Waals surface area contributed by atoms with Crippen LogP contribution in [0, 0.1) is 0 Å². The monoisotopic (exact) mass is 385 g/mol. The maximum Gasteiger partial charge on any atom is 0.251 e. The molecular formula is C18H25Cl2N3O2. The molecule has 1 atom stereocenters. The molecule has 0 aromatic heterocycles. The molecule has 2 rings (SSSR count). The molecular weight excluding hydrogens is 361 g/mol. The topological polar surface area (TPSA) is 61.4 Å². The molecule has 0 unspecified atom stereocenters. The highest BCUT2D eigenvalue weighted by Crippen LogP contribution is 2.22. The molecule has 138 valence electrons. The normalized spacial score (nSPS) is 18.0. The van der Waals surface area contributed by atoms with Crippen LogP contribution in [0.3, 0.4) is 0 Å². The van der Waals surface area contributed by atoms with Gasteiger partial charge in [0.15, 0.2) is 0 Å². The number of nitrogens with one attached hydrogen (secondary N) is 2. The van der Waals surface area contributed by atoms with Crippen molar-refractivity contribution in [3.63, 3.8) is 0 Å². The second kappa shape index (κ2) is 10.00. The van der Waals surface area contributed by atoms with Crippen molar-refractivity contribution < 1.29 is 9.59 Å². The first-order valence-electron chi connectivity index (χ1n) is 8.71. The Kier molecular flexibility index (Phi) is 8.00. The Morgan fingerprint density at radius 2 is 2.00 bits per heavy atom. The molecule has 1 heterocycles. The zero-order chi connectivity index (χ0) is 18.2. The Morgan fingerprint density at radius 1 is 1.20 bits per heavy atom. The molecule has 1 saturated heterocycles. The summed E-state index contributed by atoms with van der Waals surface area (Å²) in [5.41, 5.74) is 0.376. The fraction of sp³-hybridized carbons (Fsp3) is 0.556.